The summed E-state index contributed by atoms with van der Waals surface area (Å²) in [6.45, 7) is 9.03. The highest BCUT2D eigenvalue weighted by Gasteiger charge is 2.57. The van der Waals surface area contributed by atoms with Gasteiger partial charge in [-0.25, -0.2) is 0 Å². The van der Waals surface area contributed by atoms with Gasteiger partial charge in [0.15, 0.2) is 0 Å². The van der Waals surface area contributed by atoms with E-state index in [1.165, 1.54) is 25.7 Å². The normalized spacial score (nSPS) is 50.7. The van der Waals surface area contributed by atoms with Crippen LogP contribution in [0.3, 0.4) is 0 Å². The smallest absolute Gasteiger partial charge is 0.0618 e. The maximum atomic E-state index is 10.6. The quantitative estimate of drug-likeness (QED) is 0.830. The molecule has 0 aromatic rings. The molecule has 1 heterocycles. The Hall–Kier alpha value is -0.120. The van der Waals surface area contributed by atoms with Crippen LogP contribution in [0.5, 0.6) is 0 Å². The zero-order valence-corrected chi connectivity index (χ0v) is 15.3. The van der Waals surface area contributed by atoms with Crippen molar-refractivity contribution in [3.63, 3.8) is 0 Å². The van der Waals surface area contributed by atoms with E-state index in [0.717, 1.165) is 50.2 Å². The van der Waals surface area contributed by atoms with Crippen molar-refractivity contribution in [2.75, 3.05) is 19.8 Å². The third-order valence-corrected chi connectivity index (χ3v) is 8.00. The first-order valence-corrected chi connectivity index (χ1v) is 9.78. The molecule has 0 spiro atoms. The monoisotopic (exact) mass is 324 g/mol. The Morgan fingerprint density at radius 1 is 1.09 bits per heavy atom. The molecule has 0 aromatic carbocycles. The van der Waals surface area contributed by atoms with Gasteiger partial charge < -0.3 is 14.9 Å². The molecule has 0 aromatic heterocycles. The minimum atomic E-state index is -0.345. The molecule has 3 nitrogen and oxygen atoms in total. The lowest BCUT2D eigenvalue weighted by molar-refractivity contribution is -0.172. The summed E-state index contributed by atoms with van der Waals surface area (Å²) >= 11 is 0. The van der Waals surface area contributed by atoms with Gasteiger partial charge in [0.1, 0.15) is 0 Å². The van der Waals surface area contributed by atoms with Gasteiger partial charge in [0, 0.05) is 18.6 Å². The summed E-state index contributed by atoms with van der Waals surface area (Å²) in [4.78, 5) is 0. The third-order valence-electron chi connectivity index (χ3n) is 8.00. The van der Waals surface area contributed by atoms with Crippen molar-refractivity contribution in [3.8, 4) is 0 Å². The molecule has 6 unspecified atom stereocenters. The average molecular weight is 325 g/mol. The summed E-state index contributed by atoms with van der Waals surface area (Å²) in [5, 5.41) is 20.6. The second-order valence-corrected chi connectivity index (χ2v) is 9.24. The molecule has 1 aliphatic heterocycles. The van der Waals surface area contributed by atoms with Crippen LogP contribution in [-0.4, -0.2) is 36.1 Å². The van der Waals surface area contributed by atoms with Gasteiger partial charge in [-0.3, -0.25) is 0 Å². The lowest BCUT2D eigenvalue weighted by Crippen LogP contribution is -2.58. The van der Waals surface area contributed by atoms with E-state index in [9.17, 15) is 10.2 Å². The van der Waals surface area contributed by atoms with Crippen molar-refractivity contribution in [2.45, 2.75) is 71.8 Å². The van der Waals surface area contributed by atoms with E-state index in [1.807, 2.05) is 0 Å². The minimum absolute atomic E-state index is 0.117. The Morgan fingerprint density at radius 3 is 2.52 bits per heavy atom. The highest BCUT2D eigenvalue weighted by atomic mass is 16.5. The predicted octanol–water partition coefficient (Wildman–Crippen LogP) is 3.63. The van der Waals surface area contributed by atoms with Gasteiger partial charge in [-0.15, -0.1) is 0 Å². The zero-order valence-electron chi connectivity index (χ0n) is 15.3. The maximum absolute atomic E-state index is 10.6. The van der Waals surface area contributed by atoms with Gasteiger partial charge in [0.2, 0.25) is 0 Å². The van der Waals surface area contributed by atoms with E-state index in [4.69, 9.17) is 4.74 Å². The number of hydrogen-bond acceptors (Lipinski definition) is 3. The fourth-order valence-corrected chi connectivity index (χ4v) is 6.38. The van der Waals surface area contributed by atoms with E-state index in [-0.39, 0.29) is 23.5 Å². The highest BCUT2D eigenvalue weighted by Crippen LogP contribution is 2.62. The molecule has 3 heteroatoms. The van der Waals surface area contributed by atoms with Crippen molar-refractivity contribution in [2.24, 2.45) is 34.5 Å². The Morgan fingerprint density at radius 2 is 1.87 bits per heavy atom. The van der Waals surface area contributed by atoms with E-state index in [2.05, 4.69) is 20.8 Å². The molecule has 3 aliphatic rings. The van der Waals surface area contributed by atoms with Crippen LogP contribution in [0.15, 0.2) is 0 Å². The number of ether oxygens (including phenoxy) is 1. The Kier molecular flexibility index (Phi) is 5.11. The van der Waals surface area contributed by atoms with Crippen LogP contribution in [0.1, 0.15) is 65.7 Å². The van der Waals surface area contributed by atoms with Crippen LogP contribution in [0.4, 0.5) is 0 Å². The minimum Gasteiger partial charge on any atom is -0.396 e. The summed E-state index contributed by atoms with van der Waals surface area (Å²) in [5.74, 6) is 2.69. The summed E-state index contributed by atoms with van der Waals surface area (Å²) in [7, 11) is 0. The fraction of sp³-hybridized carbons (Fsp3) is 1.00. The molecule has 3 fully saturated rings. The van der Waals surface area contributed by atoms with Crippen molar-refractivity contribution >= 4 is 0 Å². The molecule has 3 rings (SSSR count). The fourth-order valence-electron chi connectivity index (χ4n) is 6.38. The van der Waals surface area contributed by atoms with Crippen LogP contribution >= 0.6 is 0 Å². The van der Waals surface area contributed by atoms with E-state index >= 15 is 0 Å². The van der Waals surface area contributed by atoms with Crippen LogP contribution in [0, 0.1) is 34.5 Å². The molecule has 0 amide bonds. The number of aliphatic hydroxyl groups is 2. The van der Waals surface area contributed by atoms with Crippen molar-refractivity contribution in [3.05, 3.63) is 0 Å². The number of rotatable bonds is 4. The number of hydrogen-bond donors (Lipinski definition) is 2. The van der Waals surface area contributed by atoms with Crippen LogP contribution in [0.25, 0.3) is 0 Å². The second-order valence-electron chi connectivity index (χ2n) is 9.24. The van der Waals surface area contributed by atoms with Crippen LogP contribution in [-0.2, 0) is 4.74 Å². The SMILES string of the molecule is C[C@H]1CCC2C(C)(CO)C(O)CCC2(C)C1CCC1CCOC1. The summed E-state index contributed by atoms with van der Waals surface area (Å²) in [5.41, 5.74) is -0.0459. The first kappa shape index (κ1) is 17.7. The Bertz CT molecular complexity index is 406. The topological polar surface area (TPSA) is 49.7 Å². The Labute approximate surface area is 141 Å². The lowest BCUT2D eigenvalue weighted by Gasteiger charge is -2.61. The molecule has 23 heavy (non-hydrogen) atoms. The maximum Gasteiger partial charge on any atom is 0.0618 e. The summed E-state index contributed by atoms with van der Waals surface area (Å²) in [6, 6.07) is 0. The van der Waals surface area contributed by atoms with E-state index in [1.54, 1.807) is 0 Å². The van der Waals surface area contributed by atoms with E-state index in [0.29, 0.717) is 5.92 Å². The van der Waals surface area contributed by atoms with Gasteiger partial charge in [-0.1, -0.05) is 27.2 Å². The summed E-state index contributed by atoms with van der Waals surface area (Å²) in [6.07, 6.45) is 7.83. The third kappa shape index (κ3) is 2.98. The van der Waals surface area contributed by atoms with Crippen molar-refractivity contribution < 1.29 is 14.9 Å². The molecule has 0 bridgehead atoms. The van der Waals surface area contributed by atoms with Gasteiger partial charge in [0.25, 0.3) is 0 Å². The lowest BCUT2D eigenvalue weighted by atomic mass is 9.45. The molecule has 0 radical (unpaired) electrons. The van der Waals surface area contributed by atoms with Crippen molar-refractivity contribution in [1.29, 1.82) is 0 Å². The number of aliphatic hydroxyl groups excluding tert-OH is 2. The van der Waals surface area contributed by atoms with E-state index < -0.39 is 0 Å². The molecular weight excluding hydrogens is 288 g/mol. The van der Waals surface area contributed by atoms with Crippen LogP contribution < -0.4 is 0 Å². The van der Waals surface area contributed by atoms with Gasteiger partial charge in [-0.2, -0.15) is 0 Å². The molecule has 1 saturated heterocycles. The van der Waals surface area contributed by atoms with Gasteiger partial charge in [-0.05, 0) is 67.6 Å². The molecule has 7 atom stereocenters. The van der Waals surface area contributed by atoms with Gasteiger partial charge in [0.05, 0.1) is 12.7 Å². The highest BCUT2D eigenvalue weighted by molar-refractivity contribution is 5.06. The largest absolute Gasteiger partial charge is 0.396 e. The van der Waals surface area contributed by atoms with Crippen LogP contribution in [0.2, 0.25) is 0 Å². The molecule has 2 aliphatic carbocycles. The molecule has 134 valence electrons. The first-order valence-electron chi connectivity index (χ1n) is 9.78. The first-order chi connectivity index (χ1) is 10.9. The van der Waals surface area contributed by atoms with Crippen molar-refractivity contribution in [1.82, 2.24) is 0 Å². The molecule has 2 N–H and O–H groups in total. The number of fused-ring (bicyclic) bond motifs is 1. The molecular formula is C20H36O3. The predicted molar refractivity (Wildman–Crippen MR) is 92.1 cm³/mol. The summed E-state index contributed by atoms with van der Waals surface area (Å²) < 4.78 is 5.55. The van der Waals surface area contributed by atoms with Gasteiger partial charge >= 0.3 is 0 Å². The second kappa shape index (κ2) is 6.65. The standard InChI is InChI=1S/C20H36O3/c1-14-4-7-17-19(2,10-8-18(22)20(17,3)13-21)16(14)6-5-15-9-11-23-12-15/h14-18,21-22H,4-13H2,1-3H3/t14-,15?,16?,17?,18?,19?,20?/m0/s1. The zero-order chi connectivity index (χ0) is 16.7. The molecule has 2 saturated carbocycles. The Balaban J connectivity index is 1.78. The average Bonchev–Trinajstić information content (AvgIpc) is 3.04.